The van der Waals surface area contributed by atoms with Crippen LogP contribution in [0.4, 0.5) is 4.79 Å². The minimum absolute atomic E-state index is 0.0217. The van der Waals surface area contributed by atoms with Crippen LogP contribution in [0.5, 0.6) is 0 Å². The molecule has 0 bridgehead atoms. The molecule has 160 valence electrons. The number of carbonyl (C=O) groups excluding carboxylic acids is 3. The standard InChI is InChI=1S/C20H28N2O7/c1-28-19(26)16(22-20(27)29-14-15-8-4-2-5-9-15)11-12-17(23)21-13-7-3-6-10-18(24)25/h2,4-5,8-9,16H,3,6-7,10-14H2,1H3,(H,21,23)(H,22,27)(H,24,25)/t16-/m0/s1. The molecule has 0 heterocycles. The van der Waals surface area contributed by atoms with E-state index in [0.29, 0.717) is 25.8 Å². The van der Waals surface area contributed by atoms with Crippen LogP contribution in [0, 0.1) is 0 Å². The fourth-order valence-electron chi connectivity index (χ4n) is 2.47. The SMILES string of the molecule is COC(=O)[C@H](CCC(=O)NCCCCCC(=O)O)NC(=O)OCc1ccccc1. The number of nitrogens with one attached hydrogen (secondary N) is 2. The number of benzene rings is 1. The molecule has 0 radical (unpaired) electrons. The van der Waals surface area contributed by atoms with E-state index < -0.39 is 24.1 Å². The third kappa shape index (κ3) is 11.4. The maximum absolute atomic E-state index is 11.9. The second-order valence-electron chi connectivity index (χ2n) is 6.37. The van der Waals surface area contributed by atoms with Gasteiger partial charge in [0.05, 0.1) is 7.11 Å². The molecule has 0 saturated heterocycles. The van der Waals surface area contributed by atoms with Gasteiger partial charge in [-0.2, -0.15) is 0 Å². The number of esters is 1. The lowest BCUT2D eigenvalue weighted by molar-refractivity contribution is -0.143. The molecule has 0 aromatic heterocycles. The summed E-state index contributed by atoms with van der Waals surface area (Å²) in [7, 11) is 1.20. The second kappa shape index (κ2) is 14.0. The van der Waals surface area contributed by atoms with Crippen molar-refractivity contribution < 1.29 is 33.8 Å². The molecule has 0 unspecified atom stereocenters. The molecular weight excluding hydrogens is 380 g/mol. The zero-order valence-electron chi connectivity index (χ0n) is 16.5. The molecular formula is C20H28N2O7. The minimum Gasteiger partial charge on any atom is -0.481 e. The Balaban J connectivity index is 2.31. The zero-order chi connectivity index (χ0) is 21.5. The summed E-state index contributed by atoms with van der Waals surface area (Å²) in [5.74, 6) is -1.77. The number of aliphatic carboxylic acids is 1. The lowest BCUT2D eigenvalue weighted by Gasteiger charge is -2.16. The van der Waals surface area contributed by atoms with Crippen LogP contribution in [-0.4, -0.2) is 48.7 Å². The van der Waals surface area contributed by atoms with E-state index in [4.69, 9.17) is 9.84 Å². The molecule has 0 fully saturated rings. The lowest BCUT2D eigenvalue weighted by atomic mass is 10.1. The zero-order valence-corrected chi connectivity index (χ0v) is 16.5. The van der Waals surface area contributed by atoms with Crippen LogP contribution in [0.3, 0.4) is 0 Å². The fourth-order valence-corrected chi connectivity index (χ4v) is 2.47. The molecule has 0 saturated carbocycles. The normalized spacial score (nSPS) is 11.2. The van der Waals surface area contributed by atoms with Gasteiger partial charge in [-0.05, 0) is 24.8 Å². The number of alkyl carbamates (subject to hydrolysis) is 1. The highest BCUT2D eigenvalue weighted by Gasteiger charge is 2.23. The van der Waals surface area contributed by atoms with Crippen LogP contribution < -0.4 is 10.6 Å². The first kappa shape index (κ1) is 23.9. The summed E-state index contributed by atoms with van der Waals surface area (Å²) in [6.45, 7) is 0.483. The van der Waals surface area contributed by atoms with E-state index in [1.807, 2.05) is 18.2 Å². The highest BCUT2D eigenvalue weighted by molar-refractivity contribution is 5.82. The lowest BCUT2D eigenvalue weighted by Crippen LogP contribution is -2.42. The number of carboxylic acid groups (broad SMARTS) is 1. The Labute approximate surface area is 169 Å². The Morgan fingerprint density at radius 2 is 1.76 bits per heavy atom. The van der Waals surface area contributed by atoms with E-state index in [1.54, 1.807) is 12.1 Å². The van der Waals surface area contributed by atoms with Crippen molar-refractivity contribution in [2.24, 2.45) is 0 Å². The number of methoxy groups -OCH3 is 1. The monoisotopic (exact) mass is 408 g/mol. The van der Waals surface area contributed by atoms with Crippen molar-refractivity contribution in [3.05, 3.63) is 35.9 Å². The number of hydrogen-bond donors (Lipinski definition) is 3. The van der Waals surface area contributed by atoms with Crippen molar-refractivity contribution in [2.75, 3.05) is 13.7 Å². The van der Waals surface area contributed by atoms with E-state index in [2.05, 4.69) is 15.4 Å². The van der Waals surface area contributed by atoms with Gasteiger partial charge >= 0.3 is 18.0 Å². The van der Waals surface area contributed by atoms with Gasteiger partial charge in [0.1, 0.15) is 12.6 Å². The molecule has 2 amide bonds. The number of amides is 2. The maximum Gasteiger partial charge on any atom is 0.408 e. The van der Waals surface area contributed by atoms with Crippen LogP contribution in [0.2, 0.25) is 0 Å². The van der Waals surface area contributed by atoms with Gasteiger partial charge in [0.15, 0.2) is 0 Å². The van der Waals surface area contributed by atoms with Gasteiger partial charge in [-0.3, -0.25) is 9.59 Å². The van der Waals surface area contributed by atoms with E-state index in [1.165, 1.54) is 7.11 Å². The number of carbonyl (C=O) groups is 4. The van der Waals surface area contributed by atoms with Crippen molar-refractivity contribution in [3.63, 3.8) is 0 Å². The van der Waals surface area contributed by atoms with Gasteiger partial charge in [-0.15, -0.1) is 0 Å². The van der Waals surface area contributed by atoms with E-state index in [9.17, 15) is 19.2 Å². The van der Waals surface area contributed by atoms with E-state index in [0.717, 1.165) is 5.56 Å². The summed E-state index contributed by atoms with van der Waals surface area (Å²) >= 11 is 0. The molecule has 9 nitrogen and oxygen atoms in total. The molecule has 0 aliphatic carbocycles. The third-order valence-electron chi connectivity index (χ3n) is 4.04. The summed E-state index contributed by atoms with van der Waals surface area (Å²) in [6, 6.07) is 8.09. The Hall–Kier alpha value is -3.10. The van der Waals surface area contributed by atoms with E-state index in [-0.39, 0.29) is 31.8 Å². The summed E-state index contributed by atoms with van der Waals surface area (Å²) < 4.78 is 9.74. The Kier molecular flexibility index (Phi) is 11.5. The molecule has 3 N–H and O–H groups in total. The molecule has 1 atom stereocenters. The number of carboxylic acids is 1. The average Bonchev–Trinajstić information content (AvgIpc) is 2.72. The van der Waals surface area contributed by atoms with Gasteiger partial charge in [0, 0.05) is 19.4 Å². The highest BCUT2D eigenvalue weighted by atomic mass is 16.6. The molecule has 29 heavy (non-hydrogen) atoms. The van der Waals surface area contributed by atoms with Crippen molar-refractivity contribution >= 4 is 23.9 Å². The molecule has 0 aliphatic rings. The van der Waals surface area contributed by atoms with Gasteiger partial charge < -0.3 is 25.2 Å². The maximum atomic E-state index is 11.9. The molecule has 1 aromatic rings. The molecule has 1 aromatic carbocycles. The molecule has 0 spiro atoms. The third-order valence-corrected chi connectivity index (χ3v) is 4.04. The van der Waals surface area contributed by atoms with Crippen molar-refractivity contribution in [3.8, 4) is 0 Å². The summed E-state index contributed by atoms with van der Waals surface area (Å²) in [5.41, 5.74) is 0.806. The largest absolute Gasteiger partial charge is 0.481 e. The summed E-state index contributed by atoms with van der Waals surface area (Å²) in [6.07, 6.45) is 1.36. The van der Waals surface area contributed by atoms with Gasteiger partial charge in [0.2, 0.25) is 5.91 Å². The predicted octanol–water partition coefficient (Wildman–Crippen LogP) is 2.00. The smallest absolute Gasteiger partial charge is 0.408 e. The van der Waals surface area contributed by atoms with Crippen molar-refractivity contribution in [2.45, 2.75) is 51.2 Å². The van der Waals surface area contributed by atoms with Crippen LogP contribution in [0.15, 0.2) is 30.3 Å². The minimum atomic E-state index is -0.996. The first-order chi connectivity index (χ1) is 13.9. The number of rotatable bonds is 13. The average molecular weight is 408 g/mol. The Morgan fingerprint density at radius 3 is 2.41 bits per heavy atom. The van der Waals surface area contributed by atoms with Gasteiger partial charge in [0.25, 0.3) is 0 Å². The van der Waals surface area contributed by atoms with Gasteiger partial charge in [-0.25, -0.2) is 9.59 Å². The topological polar surface area (TPSA) is 131 Å². The van der Waals surface area contributed by atoms with Gasteiger partial charge in [-0.1, -0.05) is 36.8 Å². The van der Waals surface area contributed by atoms with E-state index >= 15 is 0 Å². The first-order valence-electron chi connectivity index (χ1n) is 9.46. The number of ether oxygens (including phenoxy) is 2. The van der Waals surface area contributed by atoms with Crippen LogP contribution in [-0.2, 0) is 30.5 Å². The van der Waals surface area contributed by atoms with Crippen LogP contribution in [0.25, 0.3) is 0 Å². The highest BCUT2D eigenvalue weighted by Crippen LogP contribution is 2.04. The Bertz CT molecular complexity index is 664. The first-order valence-corrected chi connectivity index (χ1v) is 9.46. The van der Waals surface area contributed by atoms with Crippen molar-refractivity contribution in [1.29, 1.82) is 0 Å². The molecule has 1 rings (SSSR count). The number of hydrogen-bond acceptors (Lipinski definition) is 6. The second-order valence-corrected chi connectivity index (χ2v) is 6.37. The van der Waals surface area contributed by atoms with Crippen LogP contribution >= 0.6 is 0 Å². The summed E-state index contributed by atoms with van der Waals surface area (Å²) in [5, 5.41) is 13.7. The predicted molar refractivity (Wildman–Crippen MR) is 104 cm³/mol. The Morgan fingerprint density at radius 1 is 1.03 bits per heavy atom. The van der Waals surface area contributed by atoms with Crippen LogP contribution in [0.1, 0.15) is 44.1 Å². The number of unbranched alkanes of at least 4 members (excludes halogenated alkanes) is 2. The molecule has 0 aliphatic heterocycles. The summed E-state index contributed by atoms with van der Waals surface area (Å²) in [4.78, 5) is 46.1. The quantitative estimate of drug-likeness (QED) is 0.336. The fraction of sp³-hybridized carbons (Fsp3) is 0.500. The molecule has 9 heteroatoms. The van der Waals surface area contributed by atoms with Crippen molar-refractivity contribution in [1.82, 2.24) is 10.6 Å².